The van der Waals surface area contributed by atoms with Crippen LogP contribution < -0.4 is 10.6 Å². The molecule has 2 aromatic heterocycles. The van der Waals surface area contributed by atoms with Crippen LogP contribution in [0, 0.1) is 17.0 Å². The molecule has 0 bridgehead atoms. The van der Waals surface area contributed by atoms with Crippen molar-refractivity contribution < 1.29 is 14.5 Å². The van der Waals surface area contributed by atoms with Gasteiger partial charge in [-0.3, -0.25) is 19.7 Å². The van der Waals surface area contributed by atoms with Crippen LogP contribution in [-0.4, -0.2) is 26.1 Å². The van der Waals surface area contributed by atoms with E-state index in [4.69, 9.17) is 11.6 Å². The average molecular weight is 388 g/mol. The molecule has 0 radical (unpaired) electrons. The maximum atomic E-state index is 12.0. The van der Waals surface area contributed by atoms with Gasteiger partial charge in [0, 0.05) is 29.7 Å². The third kappa shape index (κ3) is 4.21. The Kier molecular flexibility index (Phi) is 5.04. The number of nitrogens with zero attached hydrogens (tertiary/aromatic N) is 3. The Bertz CT molecular complexity index is 1060. The molecule has 0 aliphatic carbocycles. The minimum atomic E-state index is -0.931. The Balaban J connectivity index is 1.62. The molecule has 0 saturated heterocycles. The molecule has 138 valence electrons. The van der Waals surface area contributed by atoms with Crippen LogP contribution in [0.4, 0.5) is 11.4 Å². The van der Waals surface area contributed by atoms with Gasteiger partial charge in [0.15, 0.2) is 0 Å². The van der Waals surface area contributed by atoms with Crippen molar-refractivity contribution in [3.63, 3.8) is 0 Å². The Morgan fingerprint density at radius 1 is 1.22 bits per heavy atom. The van der Waals surface area contributed by atoms with E-state index in [2.05, 4.69) is 15.6 Å². The number of carbonyl (C=O) groups excluding carboxylic acids is 2. The summed E-state index contributed by atoms with van der Waals surface area (Å²) in [6.07, 6.45) is 3.36. The quantitative estimate of drug-likeness (QED) is 0.405. The van der Waals surface area contributed by atoms with Crippen molar-refractivity contribution in [3.05, 3.63) is 69.1 Å². The molecule has 0 fully saturated rings. The van der Waals surface area contributed by atoms with E-state index in [1.165, 1.54) is 18.2 Å². The van der Waals surface area contributed by atoms with Crippen molar-refractivity contribution >= 4 is 40.4 Å². The highest BCUT2D eigenvalue weighted by atomic mass is 35.5. The highest BCUT2D eigenvalue weighted by Gasteiger charge is 2.17. The first-order valence-electron chi connectivity index (χ1n) is 7.81. The predicted molar refractivity (Wildman–Crippen MR) is 98.5 cm³/mol. The normalized spacial score (nSPS) is 10.6. The number of hydrogen-bond acceptors (Lipinski definition) is 5. The van der Waals surface area contributed by atoms with E-state index in [1.54, 1.807) is 35.9 Å². The van der Waals surface area contributed by atoms with Gasteiger partial charge in [0.2, 0.25) is 0 Å². The number of hydrogen-bond donors (Lipinski definition) is 2. The second-order valence-electron chi connectivity index (χ2n) is 5.74. The van der Waals surface area contributed by atoms with Crippen LogP contribution >= 0.6 is 11.6 Å². The van der Waals surface area contributed by atoms with Crippen molar-refractivity contribution in [3.8, 4) is 0 Å². The summed E-state index contributed by atoms with van der Waals surface area (Å²) in [5, 5.41) is 16.3. The highest BCUT2D eigenvalue weighted by molar-refractivity contribution is 6.39. The zero-order valence-corrected chi connectivity index (χ0v) is 14.9. The number of pyridine rings is 1. The number of halogens is 1. The summed E-state index contributed by atoms with van der Waals surface area (Å²) in [6.45, 7) is 1.62. The van der Waals surface area contributed by atoms with Gasteiger partial charge in [-0.15, -0.1) is 0 Å². The molecule has 0 unspecified atom stereocenters. The number of carbonyl (C=O) groups is 2. The van der Waals surface area contributed by atoms with Gasteiger partial charge in [-0.05, 0) is 25.1 Å². The largest absolute Gasteiger partial charge is 0.342 e. The number of benzene rings is 1. The number of fused-ring (bicyclic) bond motifs is 1. The topological polar surface area (TPSA) is 119 Å². The standard InChI is InChI=1S/C17H14ClN5O4/c1-10-2-4-12(6-14(10)23(26)27)21-17(25)16(24)19-7-13-9-22-8-11(18)3-5-15(22)20-13/h2-6,8-9H,7H2,1H3,(H,19,24)(H,21,25). The molecule has 0 aliphatic heterocycles. The Morgan fingerprint density at radius 3 is 2.74 bits per heavy atom. The van der Waals surface area contributed by atoms with Crippen LogP contribution in [0.25, 0.3) is 5.65 Å². The molecule has 27 heavy (non-hydrogen) atoms. The van der Waals surface area contributed by atoms with Gasteiger partial charge in [0.05, 0.1) is 22.2 Å². The van der Waals surface area contributed by atoms with Crippen LogP contribution in [0.1, 0.15) is 11.3 Å². The molecule has 0 spiro atoms. The SMILES string of the molecule is Cc1ccc(NC(=O)C(=O)NCc2cn3cc(Cl)ccc3n2)cc1[N+](=O)[O-]. The zero-order valence-electron chi connectivity index (χ0n) is 14.1. The lowest BCUT2D eigenvalue weighted by molar-refractivity contribution is -0.385. The van der Waals surface area contributed by atoms with Crippen LogP contribution in [0.3, 0.4) is 0 Å². The number of nitro benzene ring substituents is 1. The summed E-state index contributed by atoms with van der Waals surface area (Å²) in [5.41, 5.74) is 1.67. The molecule has 2 heterocycles. The molecular weight excluding hydrogens is 374 g/mol. The van der Waals surface area contributed by atoms with Crippen molar-refractivity contribution in [2.75, 3.05) is 5.32 Å². The van der Waals surface area contributed by atoms with Gasteiger partial charge >= 0.3 is 11.8 Å². The van der Waals surface area contributed by atoms with E-state index in [0.29, 0.717) is 21.9 Å². The molecule has 2 N–H and O–H groups in total. The first-order valence-corrected chi connectivity index (χ1v) is 8.18. The molecule has 1 aromatic carbocycles. The van der Waals surface area contributed by atoms with Gasteiger partial charge in [-0.25, -0.2) is 4.98 Å². The number of aromatic nitrogens is 2. The minimum Gasteiger partial charge on any atom is -0.342 e. The fraction of sp³-hybridized carbons (Fsp3) is 0.118. The van der Waals surface area contributed by atoms with Crippen LogP contribution in [0.15, 0.2) is 42.7 Å². The van der Waals surface area contributed by atoms with Gasteiger partial charge in [0.1, 0.15) is 5.65 Å². The Morgan fingerprint density at radius 2 is 2.00 bits per heavy atom. The zero-order chi connectivity index (χ0) is 19.6. The second-order valence-corrected chi connectivity index (χ2v) is 6.18. The molecule has 9 nitrogen and oxygen atoms in total. The van der Waals surface area contributed by atoms with Crippen molar-refractivity contribution in [1.82, 2.24) is 14.7 Å². The highest BCUT2D eigenvalue weighted by Crippen LogP contribution is 2.22. The average Bonchev–Trinajstić information content (AvgIpc) is 3.02. The van der Waals surface area contributed by atoms with E-state index in [9.17, 15) is 19.7 Å². The minimum absolute atomic E-state index is 0.0413. The lowest BCUT2D eigenvalue weighted by Crippen LogP contribution is -2.35. The summed E-state index contributed by atoms with van der Waals surface area (Å²) < 4.78 is 1.70. The maximum Gasteiger partial charge on any atom is 0.313 e. The fourth-order valence-corrected chi connectivity index (χ4v) is 2.59. The monoisotopic (exact) mass is 387 g/mol. The first-order chi connectivity index (χ1) is 12.8. The predicted octanol–water partition coefficient (Wildman–Crippen LogP) is 2.46. The van der Waals surface area contributed by atoms with E-state index in [0.717, 1.165) is 0 Å². The van der Waals surface area contributed by atoms with Crippen molar-refractivity contribution in [1.29, 1.82) is 0 Å². The summed E-state index contributed by atoms with van der Waals surface area (Å²) in [7, 11) is 0. The van der Waals surface area contributed by atoms with Gasteiger partial charge < -0.3 is 15.0 Å². The summed E-state index contributed by atoms with van der Waals surface area (Å²) in [4.78, 5) is 38.6. The third-order valence-corrected chi connectivity index (χ3v) is 3.99. The molecular formula is C17H14ClN5O4. The van der Waals surface area contributed by atoms with Gasteiger partial charge in [-0.1, -0.05) is 17.7 Å². The number of imidazole rings is 1. The molecule has 10 heteroatoms. The van der Waals surface area contributed by atoms with E-state index in [1.807, 2.05) is 0 Å². The summed E-state index contributed by atoms with van der Waals surface area (Å²) in [5.74, 6) is -1.81. The number of amides is 2. The molecule has 3 rings (SSSR count). The fourth-order valence-electron chi connectivity index (χ4n) is 2.43. The molecule has 0 saturated carbocycles. The van der Waals surface area contributed by atoms with E-state index in [-0.39, 0.29) is 17.9 Å². The van der Waals surface area contributed by atoms with Crippen LogP contribution in [0.2, 0.25) is 5.02 Å². The lowest BCUT2D eigenvalue weighted by Gasteiger charge is -2.06. The van der Waals surface area contributed by atoms with Crippen molar-refractivity contribution in [2.24, 2.45) is 0 Å². The second kappa shape index (κ2) is 7.42. The number of aryl methyl sites for hydroxylation is 1. The van der Waals surface area contributed by atoms with E-state index < -0.39 is 16.7 Å². The summed E-state index contributed by atoms with van der Waals surface area (Å²) >= 11 is 5.90. The van der Waals surface area contributed by atoms with Gasteiger partial charge in [-0.2, -0.15) is 0 Å². The summed E-state index contributed by atoms with van der Waals surface area (Å²) in [6, 6.07) is 7.60. The third-order valence-electron chi connectivity index (χ3n) is 3.76. The van der Waals surface area contributed by atoms with Crippen LogP contribution in [-0.2, 0) is 16.1 Å². The number of nitro groups is 1. The van der Waals surface area contributed by atoms with E-state index >= 15 is 0 Å². The lowest BCUT2D eigenvalue weighted by atomic mass is 10.2. The Hall–Kier alpha value is -3.46. The smallest absolute Gasteiger partial charge is 0.313 e. The molecule has 0 aliphatic rings. The maximum absolute atomic E-state index is 12.0. The van der Waals surface area contributed by atoms with Gasteiger partial charge in [0.25, 0.3) is 5.69 Å². The van der Waals surface area contributed by atoms with Crippen LogP contribution in [0.5, 0.6) is 0 Å². The Labute approximate surface area is 158 Å². The number of anilines is 1. The molecule has 0 atom stereocenters. The molecule has 2 amide bonds. The number of nitrogens with one attached hydrogen (secondary N) is 2. The first kappa shape index (κ1) is 18.3. The number of rotatable bonds is 4. The van der Waals surface area contributed by atoms with Crippen molar-refractivity contribution in [2.45, 2.75) is 13.5 Å². The molecule has 3 aromatic rings.